The van der Waals surface area contributed by atoms with Gasteiger partial charge in [-0.1, -0.05) is 0 Å². The van der Waals surface area contributed by atoms with E-state index >= 15 is 0 Å². The number of aromatic nitrogens is 2. The van der Waals surface area contributed by atoms with Gasteiger partial charge in [0.1, 0.15) is 5.56 Å². The highest BCUT2D eigenvalue weighted by Crippen LogP contribution is 2.40. The van der Waals surface area contributed by atoms with Crippen LogP contribution in [0.1, 0.15) is 30.0 Å². The van der Waals surface area contributed by atoms with Crippen LogP contribution in [-0.4, -0.2) is 58.7 Å². The van der Waals surface area contributed by atoms with E-state index in [1.807, 2.05) is 4.90 Å². The van der Waals surface area contributed by atoms with E-state index in [0.717, 1.165) is 23.6 Å². The molecule has 1 atom stereocenters. The number of hydrogen-bond donors (Lipinski definition) is 1. The van der Waals surface area contributed by atoms with Crippen LogP contribution in [-0.2, 0) is 17.5 Å². The third-order valence-electron chi connectivity index (χ3n) is 4.25. The van der Waals surface area contributed by atoms with Gasteiger partial charge >= 0.3 is 6.18 Å². The Morgan fingerprint density at radius 2 is 1.96 bits per heavy atom. The third kappa shape index (κ3) is 4.14. The normalized spacial score (nSPS) is 21.0. The first-order valence-corrected chi connectivity index (χ1v) is 8.02. The summed E-state index contributed by atoms with van der Waals surface area (Å²) < 4.78 is 45.2. The lowest BCUT2D eigenvalue weighted by Gasteiger charge is -2.28. The number of aliphatic hydroxyl groups is 1. The van der Waals surface area contributed by atoms with Crippen molar-refractivity contribution in [1.29, 1.82) is 0 Å². The number of β-amino-alcohol motifs (C(OH)–C–C–N with tert-alkyl or cyclic N) is 1. The van der Waals surface area contributed by atoms with Crippen molar-refractivity contribution in [3.63, 3.8) is 0 Å². The van der Waals surface area contributed by atoms with Crippen LogP contribution in [0, 0.1) is 0 Å². The van der Waals surface area contributed by atoms with Gasteiger partial charge in [0.15, 0.2) is 0 Å². The summed E-state index contributed by atoms with van der Waals surface area (Å²) in [6, 6.07) is 0.852. The molecule has 2 aliphatic rings. The first kappa shape index (κ1) is 17.4. The number of rotatable bonds is 5. The fourth-order valence-electron chi connectivity index (χ4n) is 2.81. The number of halogens is 3. The molecular weight excluding hydrogens is 327 g/mol. The van der Waals surface area contributed by atoms with Crippen LogP contribution in [0.25, 0.3) is 0 Å². The largest absolute Gasteiger partial charge is 0.421 e. The molecule has 1 aliphatic carbocycles. The van der Waals surface area contributed by atoms with Gasteiger partial charge in [-0.3, -0.25) is 9.69 Å². The van der Waals surface area contributed by atoms with Crippen molar-refractivity contribution in [2.75, 3.05) is 32.8 Å². The molecule has 1 N–H and O–H groups in total. The second kappa shape index (κ2) is 6.81. The van der Waals surface area contributed by atoms with E-state index in [1.54, 1.807) is 0 Å². The molecule has 1 aliphatic heterocycles. The second-order valence-corrected chi connectivity index (χ2v) is 6.31. The Labute approximate surface area is 136 Å². The molecule has 1 unspecified atom stereocenters. The summed E-state index contributed by atoms with van der Waals surface area (Å²) in [5.74, 6) is -0.0191. The van der Waals surface area contributed by atoms with Gasteiger partial charge in [0.25, 0.3) is 5.56 Å². The quantitative estimate of drug-likeness (QED) is 0.855. The van der Waals surface area contributed by atoms with Crippen molar-refractivity contribution in [2.45, 2.75) is 37.6 Å². The zero-order chi connectivity index (χ0) is 17.3. The maximum Gasteiger partial charge on any atom is 0.421 e. The lowest BCUT2D eigenvalue weighted by Crippen LogP contribution is -2.43. The fourth-order valence-corrected chi connectivity index (χ4v) is 2.81. The Bertz CT molecular complexity index is 637. The molecule has 9 heteroatoms. The number of aliphatic hydroxyl groups excluding tert-OH is 1. The van der Waals surface area contributed by atoms with Crippen molar-refractivity contribution >= 4 is 0 Å². The molecule has 0 bridgehead atoms. The van der Waals surface area contributed by atoms with Gasteiger partial charge in [-0.05, 0) is 18.9 Å². The highest BCUT2D eigenvalue weighted by molar-refractivity contribution is 5.22. The van der Waals surface area contributed by atoms with E-state index in [9.17, 15) is 23.1 Å². The molecule has 1 aromatic heterocycles. The van der Waals surface area contributed by atoms with Crippen molar-refractivity contribution in [2.24, 2.45) is 0 Å². The Balaban J connectivity index is 1.78. The Kier molecular flexibility index (Phi) is 4.93. The van der Waals surface area contributed by atoms with Crippen LogP contribution in [0.4, 0.5) is 13.2 Å². The van der Waals surface area contributed by atoms with Gasteiger partial charge < -0.3 is 9.84 Å². The molecule has 2 heterocycles. The molecule has 2 fully saturated rings. The summed E-state index contributed by atoms with van der Waals surface area (Å²) in [5, 5.41) is 14.2. The molecular formula is C15H20F3N3O3. The summed E-state index contributed by atoms with van der Waals surface area (Å²) in [6.07, 6.45) is -4.14. The molecule has 134 valence electrons. The molecule has 3 rings (SSSR count). The van der Waals surface area contributed by atoms with Crippen LogP contribution in [0.5, 0.6) is 0 Å². The van der Waals surface area contributed by atoms with E-state index in [2.05, 4.69) is 5.10 Å². The molecule has 0 radical (unpaired) electrons. The highest BCUT2D eigenvalue weighted by Gasteiger charge is 2.37. The first-order chi connectivity index (χ1) is 11.3. The lowest BCUT2D eigenvalue weighted by atomic mass is 10.2. The van der Waals surface area contributed by atoms with Gasteiger partial charge in [-0.25, -0.2) is 4.68 Å². The van der Waals surface area contributed by atoms with Gasteiger partial charge in [-0.2, -0.15) is 18.3 Å². The van der Waals surface area contributed by atoms with E-state index in [-0.39, 0.29) is 24.7 Å². The summed E-state index contributed by atoms with van der Waals surface area (Å²) in [7, 11) is 0. The van der Waals surface area contributed by atoms with Crippen molar-refractivity contribution in [1.82, 2.24) is 14.7 Å². The lowest BCUT2D eigenvalue weighted by molar-refractivity contribution is -0.139. The van der Waals surface area contributed by atoms with Crippen LogP contribution >= 0.6 is 0 Å². The zero-order valence-corrected chi connectivity index (χ0v) is 13.1. The summed E-state index contributed by atoms with van der Waals surface area (Å²) in [4.78, 5) is 14.0. The van der Waals surface area contributed by atoms with E-state index in [4.69, 9.17) is 4.74 Å². The number of hydrogen-bond acceptors (Lipinski definition) is 5. The molecule has 24 heavy (non-hydrogen) atoms. The average molecular weight is 347 g/mol. The summed E-state index contributed by atoms with van der Waals surface area (Å²) in [5.41, 5.74) is -2.13. The van der Waals surface area contributed by atoms with Crippen molar-refractivity contribution in [3.8, 4) is 0 Å². The Hall–Kier alpha value is -1.45. The second-order valence-electron chi connectivity index (χ2n) is 6.31. The van der Waals surface area contributed by atoms with Gasteiger partial charge in [-0.15, -0.1) is 0 Å². The van der Waals surface area contributed by atoms with Crippen molar-refractivity contribution < 1.29 is 23.0 Å². The average Bonchev–Trinajstić information content (AvgIpc) is 3.34. The number of nitrogens with zero attached hydrogens (tertiary/aromatic N) is 3. The minimum atomic E-state index is -4.72. The predicted octanol–water partition coefficient (Wildman–Crippen LogP) is 0.833. The predicted molar refractivity (Wildman–Crippen MR) is 78.7 cm³/mol. The van der Waals surface area contributed by atoms with Crippen LogP contribution in [0.15, 0.2) is 10.9 Å². The van der Waals surface area contributed by atoms with E-state index in [1.165, 1.54) is 0 Å². The Morgan fingerprint density at radius 1 is 1.29 bits per heavy atom. The van der Waals surface area contributed by atoms with Crippen LogP contribution in [0.2, 0.25) is 0 Å². The SMILES string of the molecule is O=c1c(C(F)(F)F)cc(C2CC2)nn1CC(O)CN1CCOCC1. The molecule has 1 aromatic rings. The maximum absolute atomic E-state index is 13.1. The molecule has 1 saturated carbocycles. The highest BCUT2D eigenvalue weighted by atomic mass is 19.4. The first-order valence-electron chi connectivity index (χ1n) is 8.02. The maximum atomic E-state index is 13.1. The van der Waals surface area contributed by atoms with E-state index < -0.39 is 23.4 Å². The number of ether oxygens (including phenoxy) is 1. The number of alkyl halides is 3. The minimum absolute atomic E-state index is 0.0191. The third-order valence-corrected chi connectivity index (χ3v) is 4.25. The smallest absolute Gasteiger partial charge is 0.390 e. The van der Waals surface area contributed by atoms with Crippen LogP contribution in [0.3, 0.4) is 0 Å². The summed E-state index contributed by atoms with van der Waals surface area (Å²) in [6.45, 7) is 2.43. The van der Waals surface area contributed by atoms with Crippen molar-refractivity contribution in [3.05, 3.63) is 27.7 Å². The molecule has 0 aromatic carbocycles. The molecule has 0 amide bonds. The van der Waals surface area contributed by atoms with Gasteiger partial charge in [0.2, 0.25) is 0 Å². The monoisotopic (exact) mass is 347 g/mol. The Morgan fingerprint density at radius 3 is 2.54 bits per heavy atom. The van der Waals surface area contributed by atoms with Gasteiger partial charge in [0.05, 0.1) is 31.6 Å². The summed E-state index contributed by atoms with van der Waals surface area (Å²) >= 11 is 0. The molecule has 1 saturated heterocycles. The van der Waals surface area contributed by atoms with E-state index in [0.29, 0.717) is 26.3 Å². The number of morpholine rings is 1. The molecule has 6 nitrogen and oxygen atoms in total. The fraction of sp³-hybridized carbons (Fsp3) is 0.733. The van der Waals surface area contributed by atoms with Gasteiger partial charge in [0, 0.05) is 25.6 Å². The zero-order valence-electron chi connectivity index (χ0n) is 13.1. The van der Waals surface area contributed by atoms with Crippen LogP contribution < -0.4 is 5.56 Å². The molecule has 0 spiro atoms. The topological polar surface area (TPSA) is 67.6 Å². The minimum Gasteiger partial charge on any atom is -0.390 e. The standard InChI is InChI=1S/C15H20F3N3O3/c16-15(17,18)12-7-13(10-1-2-10)19-21(14(12)23)9-11(22)8-20-3-5-24-6-4-20/h7,10-11,22H,1-6,8-9H2.